The number of rotatable bonds is 10. The Morgan fingerprint density at radius 1 is 1.32 bits per heavy atom. The largest absolute Gasteiger partial charge is 0.461 e. The fourth-order valence-electron chi connectivity index (χ4n) is 1.09. The van der Waals surface area contributed by atoms with Crippen molar-refractivity contribution in [1.29, 1.82) is 0 Å². The number of hydrogen-bond donors (Lipinski definition) is 2. The number of urea groups is 1. The number of amides is 2. The van der Waals surface area contributed by atoms with Gasteiger partial charge in [0.25, 0.3) is 0 Å². The fraction of sp³-hybridized carbons (Fsp3) is 0.667. The van der Waals surface area contributed by atoms with Crippen LogP contribution in [0.3, 0.4) is 0 Å². The van der Waals surface area contributed by atoms with Crippen LogP contribution in [-0.2, 0) is 19.0 Å². The van der Waals surface area contributed by atoms with Crippen molar-refractivity contribution in [2.45, 2.75) is 13.0 Å². The molecule has 0 aliphatic heterocycles. The lowest BCUT2D eigenvalue weighted by Crippen LogP contribution is -2.43. The molecule has 0 aliphatic rings. The number of hydrogen-bond acceptors (Lipinski definition) is 5. The van der Waals surface area contributed by atoms with Gasteiger partial charge in [0.15, 0.2) is 0 Å². The lowest BCUT2D eigenvalue weighted by atomic mass is 10.4. The highest BCUT2D eigenvalue weighted by Crippen LogP contribution is 1.85. The lowest BCUT2D eigenvalue weighted by molar-refractivity contribution is -0.137. The molecule has 0 aromatic heterocycles. The van der Waals surface area contributed by atoms with Gasteiger partial charge in [-0.1, -0.05) is 6.58 Å². The van der Waals surface area contributed by atoms with Crippen molar-refractivity contribution < 1.29 is 23.8 Å². The Kier molecular flexibility index (Phi) is 10.5. The van der Waals surface area contributed by atoms with E-state index in [4.69, 9.17) is 14.2 Å². The molecular weight excluding hydrogens is 252 g/mol. The normalized spacial score (nSPS) is 11.5. The Morgan fingerprint density at radius 2 is 2.05 bits per heavy atom. The van der Waals surface area contributed by atoms with Crippen LogP contribution in [0, 0.1) is 0 Å². The molecule has 0 fully saturated rings. The van der Waals surface area contributed by atoms with Crippen LogP contribution in [0.4, 0.5) is 4.79 Å². The van der Waals surface area contributed by atoms with E-state index < -0.39 is 5.97 Å². The Bertz CT molecular complexity index is 283. The number of ether oxygens (including phenoxy) is 3. The van der Waals surface area contributed by atoms with Gasteiger partial charge in [0.2, 0.25) is 0 Å². The first-order valence-electron chi connectivity index (χ1n) is 6.00. The summed E-state index contributed by atoms with van der Waals surface area (Å²) in [5, 5.41) is 5.24. The van der Waals surface area contributed by atoms with E-state index in [2.05, 4.69) is 17.2 Å². The molecule has 0 bridgehead atoms. The standard InChI is InChI=1S/C12H22N2O5/c1-4-11(15)19-6-5-13-12(16)14-10(2)9-18-8-7-17-3/h4,10H,1,5-9H2,2-3H3,(H2,13,14,16). The Hall–Kier alpha value is -1.60. The number of nitrogens with one attached hydrogen (secondary N) is 2. The third-order valence-electron chi connectivity index (χ3n) is 1.98. The van der Waals surface area contributed by atoms with Gasteiger partial charge in [-0.25, -0.2) is 9.59 Å². The minimum atomic E-state index is -0.512. The van der Waals surface area contributed by atoms with Gasteiger partial charge in [0.1, 0.15) is 6.61 Å². The van der Waals surface area contributed by atoms with Gasteiger partial charge in [-0.05, 0) is 6.92 Å². The van der Waals surface area contributed by atoms with Crippen LogP contribution < -0.4 is 10.6 Å². The first kappa shape index (κ1) is 17.4. The maximum atomic E-state index is 11.4. The molecule has 0 aromatic rings. The summed E-state index contributed by atoms with van der Waals surface area (Å²) in [6.07, 6.45) is 1.07. The average Bonchev–Trinajstić information content (AvgIpc) is 2.39. The van der Waals surface area contributed by atoms with Crippen molar-refractivity contribution in [3.63, 3.8) is 0 Å². The maximum absolute atomic E-state index is 11.4. The van der Waals surface area contributed by atoms with Gasteiger partial charge in [-0.15, -0.1) is 0 Å². The summed E-state index contributed by atoms with van der Waals surface area (Å²) in [6, 6.07) is -0.454. The quantitative estimate of drug-likeness (QED) is 0.334. The van der Waals surface area contributed by atoms with E-state index >= 15 is 0 Å². The first-order valence-corrected chi connectivity index (χ1v) is 6.00. The monoisotopic (exact) mass is 274 g/mol. The molecule has 7 heteroatoms. The second-order valence-corrected chi connectivity index (χ2v) is 3.74. The number of carbonyl (C=O) groups excluding carboxylic acids is 2. The molecule has 0 saturated heterocycles. The summed E-state index contributed by atoms with van der Waals surface area (Å²) in [7, 11) is 1.59. The van der Waals surface area contributed by atoms with Gasteiger partial charge >= 0.3 is 12.0 Å². The third kappa shape index (κ3) is 11.2. The highest BCUT2D eigenvalue weighted by atomic mass is 16.5. The van der Waals surface area contributed by atoms with E-state index in [0.29, 0.717) is 19.8 Å². The van der Waals surface area contributed by atoms with Crippen molar-refractivity contribution in [3.05, 3.63) is 12.7 Å². The van der Waals surface area contributed by atoms with Gasteiger partial charge < -0.3 is 24.8 Å². The summed E-state index contributed by atoms with van der Waals surface area (Å²) >= 11 is 0. The zero-order valence-corrected chi connectivity index (χ0v) is 11.4. The van der Waals surface area contributed by atoms with Gasteiger partial charge in [0.05, 0.1) is 32.4 Å². The van der Waals surface area contributed by atoms with E-state index in [1.165, 1.54) is 0 Å². The van der Waals surface area contributed by atoms with Gasteiger partial charge in [-0.2, -0.15) is 0 Å². The molecule has 19 heavy (non-hydrogen) atoms. The van der Waals surface area contributed by atoms with E-state index in [9.17, 15) is 9.59 Å². The Balaban J connectivity index is 3.51. The predicted molar refractivity (Wildman–Crippen MR) is 69.8 cm³/mol. The van der Waals surface area contributed by atoms with Crippen molar-refractivity contribution >= 4 is 12.0 Å². The highest BCUT2D eigenvalue weighted by molar-refractivity contribution is 5.81. The van der Waals surface area contributed by atoms with Crippen LogP contribution >= 0.6 is 0 Å². The molecule has 0 saturated carbocycles. The summed E-state index contributed by atoms with van der Waals surface area (Å²) in [5.41, 5.74) is 0. The van der Waals surface area contributed by atoms with Crippen LogP contribution in [0.2, 0.25) is 0 Å². The Morgan fingerprint density at radius 3 is 2.68 bits per heavy atom. The second kappa shape index (κ2) is 11.5. The van der Waals surface area contributed by atoms with Crippen LogP contribution in [-0.4, -0.2) is 58.1 Å². The number of esters is 1. The van der Waals surface area contributed by atoms with Gasteiger partial charge in [0, 0.05) is 13.2 Å². The minimum Gasteiger partial charge on any atom is -0.461 e. The van der Waals surface area contributed by atoms with E-state index in [1.807, 2.05) is 6.92 Å². The molecular formula is C12H22N2O5. The topological polar surface area (TPSA) is 85.9 Å². The van der Waals surface area contributed by atoms with Crippen molar-refractivity contribution in [1.82, 2.24) is 10.6 Å². The predicted octanol–water partition coefficient (Wildman–Crippen LogP) is 0.0663. The third-order valence-corrected chi connectivity index (χ3v) is 1.98. The summed E-state index contributed by atoms with van der Waals surface area (Å²) in [4.78, 5) is 22.1. The fourth-order valence-corrected chi connectivity index (χ4v) is 1.09. The molecule has 2 N–H and O–H groups in total. The molecule has 7 nitrogen and oxygen atoms in total. The molecule has 0 aromatic carbocycles. The van der Waals surface area contributed by atoms with Crippen LogP contribution in [0.5, 0.6) is 0 Å². The molecule has 1 atom stereocenters. The zero-order valence-electron chi connectivity index (χ0n) is 11.4. The smallest absolute Gasteiger partial charge is 0.330 e. The van der Waals surface area contributed by atoms with E-state index in [1.54, 1.807) is 7.11 Å². The number of methoxy groups -OCH3 is 1. The van der Waals surface area contributed by atoms with Crippen LogP contribution in [0.25, 0.3) is 0 Å². The summed E-state index contributed by atoms with van der Waals surface area (Å²) < 4.78 is 14.8. The van der Waals surface area contributed by atoms with E-state index in [-0.39, 0.29) is 25.2 Å². The molecule has 2 amide bonds. The molecule has 0 heterocycles. The molecule has 0 aliphatic carbocycles. The molecule has 1 unspecified atom stereocenters. The summed E-state index contributed by atoms with van der Waals surface area (Å²) in [5.74, 6) is -0.512. The van der Waals surface area contributed by atoms with Crippen molar-refractivity contribution in [2.75, 3.05) is 40.1 Å². The molecule has 0 radical (unpaired) electrons. The van der Waals surface area contributed by atoms with Crippen LogP contribution in [0.1, 0.15) is 6.92 Å². The molecule has 0 spiro atoms. The average molecular weight is 274 g/mol. The first-order chi connectivity index (χ1) is 9.10. The highest BCUT2D eigenvalue weighted by Gasteiger charge is 2.06. The zero-order chi connectivity index (χ0) is 14.5. The number of carbonyl (C=O) groups is 2. The second-order valence-electron chi connectivity index (χ2n) is 3.74. The Labute approximate surface area is 113 Å². The van der Waals surface area contributed by atoms with Gasteiger partial charge in [-0.3, -0.25) is 0 Å². The minimum absolute atomic E-state index is 0.108. The van der Waals surface area contributed by atoms with Crippen molar-refractivity contribution in [2.24, 2.45) is 0 Å². The molecule has 110 valence electrons. The van der Waals surface area contributed by atoms with Crippen molar-refractivity contribution in [3.8, 4) is 0 Å². The maximum Gasteiger partial charge on any atom is 0.330 e. The van der Waals surface area contributed by atoms with Crippen LogP contribution in [0.15, 0.2) is 12.7 Å². The lowest BCUT2D eigenvalue weighted by Gasteiger charge is -2.14. The summed E-state index contributed by atoms with van der Waals surface area (Å²) in [6.45, 7) is 6.84. The van der Waals surface area contributed by atoms with E-state index in [0.717, 1.165) is 6.08 Å². The molecule has 0 rings (SSSR count). The SMILES string of the molecule is C=CC(=O)OCCNC(=O)NC(C)COCCOC.